The number of methoxy groups -OCH3 is 1. The summed E-state index contributed by atoms with van der Waals surface area (Å²) in [7, 11) is -2.58. The summed E-state index contributed by atoms with van der Waals surface area (Å²) in [5.74, 6) is -2.13. The van der Waals surface area contributed by atoms with Crippen molar-refractivity contribution in [2.24, 2.45) is 0 Å². The zero-order valence-corrected chi connectivity index (χ0v) is 16.8. The average molecular weight is 416 g/mol. The van der Waals surface area contributed by atoms with Crippen molar-refractivity contribution in [1.29, 1.82) is 0 Å². The number of hydrogen-bond acceptors (Lipinski definition) is 6. The Labute approximate surface area is 164 Å². The predicted molar refractivity (Wildman–Crippen MR) is 98.8 cm³/mol. The molecule has 0 aliphatic carbocycles. The van der Waals surface area contributed by atoms with E-state index in [-0.39, 0.29) is 31.9 Å². The van der Waals surface area contributed by atoms with Crippen molar-refractivity contribution in [2.75, 3.05) is 46.5 Å². The van der Waals surface area contributed by atoms with Gasteiger partial charge in [-0.15, -0.1) is 0 Å². The molecule has 10 heteroatoms. The minimum absolute atomic E-state index is 0.0282. The van der Waals surface area contributed by atoms with E-state index in [1.807, 2.05) is 0 Å². The minimum Gasteiger partial charge on any atom is -0.465 e. The van der Waals surface area contributed by atoms with E-state index in [9.17, 15) is 22.4 Å². The third-order valence-corrected chi connectivity index (χ3v) is 6.25. The van der Waals surface area contributed by atoms with E-state index in [0.717, 1.165) is 12.1 Å². The van der Waals surface area contributed by atoms with Gasteiger partial charge in [-0.2, -0.15) is 4.31 Å². The van der Waals surface area contributed by atoms with Crippen LogP contribution in [-0.4, -0.2) is 76.0 Å². The van der Waals surface area contributed by atoms with Crippen LogP contribution < -0.4 is 0 Å². The number of hydrogen-bond donors (Lipinski definition) is 0. The Kier molecular flexibility index (Phi) is 7.90. The molecule has 1 heterocycles. The summed E-state index contributed by atoms with van der Waals surface area (Å²) in [6, 6.07) is 3.18. The SMILES string of the molecule is CCOC(=O)CN(CCOC)C(=O)c1ccc(F)c(S(=O)(=O)N2CCCC2)c1. The van der Waals surface area contributed by atoms with Crippen molar-refractivity contribution in [3.63, 3.8) is 0 Å². The third kappa shape index (κ3) is 5.27. The van der Waals surface area contributed by atoms with Crippen LogP contribution >= 0.6 is 0 Å². The van der Waals surface area contributed by atoms with Crippen molar-refractivity contribution in [1.82, 2.24) is 9.21 Å². The van der Waals surface area contributed by atoms with Crippen LogP contribution in [0.25, 0.3) is 0 Å². The summed E-state index contributed by atoms with van der Waals surface area (Å²) in [6.45, 7) is 2.41. The first-order valence-corrected chi connectivity index (χ1v) is 10.5. The van der Waals surface area contributed by atoms with Crippen LogP contribution in [0.4, 0.5) is 4.39 Å². The highest BCUT2D eigenvalue weighted by molar-refractivity contribution is 7.89. The molecule has 0 spiro atoms. The molecule has 0 unspecified atom stereocenters. The summed E-state index contributed by atoms with van der Waals surface area (Å²) in [5.41, 5.74) is -0.0282. The first-order valence-electron chi connectivity index (χ1n) is 9.04. The second kappa shape index (κ2) is 9.94. The van der Waals surface area contributed by atoms with Crippen molar-refractivity contribution in [3.05, 3.63) is 29.6 Å². The molecule has 0 atom stereocenters. The van der Waals surface area contributed by atoms with Gasteiger partial charge in [0.1, 0.15) is 17.3 Å². The van der Waals surface area contributed by atoms with Gasteiger partial charge in [0.05, 0.1) is 13.2 Å². The number of rotatable bonds is 9. The number of carbonyl (C=O) groups excluding carboxylic acids is 2. The number of esters is 1. The standard InChI is InChI=1S/C18H25FN2O6S/c1-3-27-17(22)13-20(10-11-26-2)18(23)14-6-7-15(19)16(12-14)28(24,25)21-8-4-5-9-21/h6-7,12H,3-5,8-11,13H2,1-2H3. The van der Waals surface area contributed by atoms with Crippen LogP contribution in [0.2, 0.25) is 0 Å². The molecule has 0 aromatic heterocycles. The molecule has 156 valence electrons. The summed E-state index contributed by atoms with van der Waals surface area (Å²) >= 11 is 0. The van der Waals surface area contributed by atoms with Gasteiger partial charge in [-0.25, -0.2) is 12.8 Å². The highest BCUT2D eigenvalue weighted by Crippen LogP contribution is 2.24. The molecule has 1 amide bonds. The fourth-order valence-electron chi connectivity index (χ4n) is 2.90. The van der Waals surface area contributed by atoms with Gasteiger partial charge in [0.2, 0.25) is 10.0 Å². The fraction of sp³-hybridized carbons (Fsp3) is 0.556. The van der Waals surface area contributed by atoms with Crippen LogP contribution in [0.5, 0.6) is 0 Å². The van der Waals surface area contributed by atoms with Crippen LogP contribution in [0.1, 0.15) is 30.1 Å². The highest BCUT2D eigenvalue weighted by atomic mass is 32.2. The lowest BCUT2D eigenvalue weighted by Gasteiger charge is -2.22. The van der Waals surface area contributed by atoms with Gasteiger partial charge in [-0.1, -0.05) is 0 Å². The summed E-state index contributed by atoms with van der Waals surface area (Å²) in [5, 5.41) is 0. The Morgan fingerprint density at radius 2 is 1.93 bits per heavy atom. The number of amides is 1. The molecule has 0 radical (unpaired) electrons. The van der Waals surface area contributed by atoms with Gasteiger partial charge in [0.25, 0.3) is 5.91 Å². The van der Waals surface area contributed by atoms with E-state index in [1.165, 1.54) is 22.4 Å². The number of halogens is 1. The Morgan fingerprint density at radius 1 is 1.25 bits per heavy atom. The van der Waals surface area contributed by atoms with Crippen molar-refractivity contribution >= 4 is 21.9 Å². The quantitative estimate of drug-likeness (QED) is 0.563. The monoisotopic (exact) mass is 416 g/mol. The van der Waals surface area contributed by atoms with Gasteiger partial charge < -0.3 is 14.4 Å². The van der Waals surface area contributed by atoms with Gasteiger partial charge in [0.15, 0.2) is 0 Å². The molecule has 1 saturated heterocycles. The number of nitrogens with zero attached hydrogens (tertiary/aromatic N) is 2. The lowest BCUT2D eigenvalue weighted by molar-refractivity contribution is -0.143. The maximum absolute atomic E-state index is 14.3. The predicted octanol–water partition coefficient (Wildman–Crippen LogP) is 1.26. The van der Waals surface area contributed by atoms with Crippen LogP contribution in [0.3, 0.4) is 0 Å². The maximum Gasteiger partial charge on any atom is 0.325 e. The smallest absolute Gasteiger partial charge is 0.325 e. The third-order valence-electron chi connectivity index (χ3n) is 4.34. The molecule has 1 aromatic rings. The topological polar surface area (TPSA) is 93.2 Å². The van der Waals surface area contributed by atoms with Gasteiger partial charge >= 0.3 is 5.97 Å². The van der Waals surface area contributed by atoms with Crippen LogP contribution in [0.15, 0.2) is 23.1 Å². The van der Waals surface area contributed by atoms with E-state index in [2.05, 4.69) is 0 Å². The van der Waals surface area contributed by atoms with Crippen molar-refractivity contribution < 1.29 is 31.9 Å². The molecular formula is C18H25FN2O6S. The lowest BCUT2D eigenvalue weighted by Crippen LogP contribution is -2.39. The Morgan fingerprint density at radius 3 is 2.54 bits per heavy atom. The Bertz CT molecular complexity index is 808. The Balaban J connectivity index is 2.31. The van der Waals surface area contributed by atoms with Gasteiger partial charge in [-0.3, -0.25) is 9.59 Å². The van der Waals surface area contributed by atoms with Crippen molar-refractivity contribution in [3.8, 4) is 0 Å². The number of benzene rings is 1. The van der Waals surface area contributed by atoms with Gasteiger partial charge in [-0.05, 0) is 38.0 Å². The molecule has 1 aliphatic rings. The summed E-state index contributed by atoms with van der Waals surface area (Å²) in [6.07, 6.45) is 1.42. The van der Waals surface area contributed by atoms with E-state index >= 15 is 0 Å². The molecular weight excluding hydrogens is 391 g/mol. The van der Waals surface area contributed by atoms with Crippen LogP contribution in [-0.2, 0) is 24.3 Å². The average Bonchev–Trinajstić information content (AvgIpc) is 3.20. The first kappa shape index (κ1) is 22.3. The molecule has 28 heavy (non-hydrogen) atoms. The number of carbonyl (C=O) groups is 2. The molecule has 8 nitrogen and oxygen atoms in total. The fourth-order valence-corrected chi connectivity index (χ4v) is 4.51. The number of sulfonamides is 1. The second-order valence-corrected chi connectivity index (χ2v) is 8.19. The highest BCUT2D eigenvalue weighted by Gasteiger charge is 2.31. The maximum atomic E-state index is 14.3. The molecule has 0 saturated carbocycles. The lowest BCUT2D eigenvalue weighted by atomic mass is 10.2. The molecule has 1 aromatic carbocycles. The van der Waals surface area contributed by atoms with E-state index in [0.29, 0.717) is 25.9 Å². The molecule has 0 bridgehead atoms. The second-order valence-electron chi connectivity index (χ2n) is 6.28. The molecule has 0 N–H and O–H groups in total. The molecule has 1 aliphatic heterocycles. The zero-order chi connectivity index (χ0) is 20.7. The van der Waals surface area contributed by atoms with E-state index in [4.69, 9.17) is 9.47 Å². The summed E-state index contributed by atoms with van der Waals surface area (Å²) < 4.78 is 50.7. The minimum atomic E-state index is -4.03. The zero-order valence-electron chi connectivity index (χ0n) is 16.0. The number of ether oxygens (including phenoxy) is 2. The van der Waals surface area contributed by atoms with Gasteiger partial charge in [0, 0.05) is 32.3 Å². The first-order chi connectivity index (χ1) is 13.3. The molecule has 2 rings (SSSR count). The normalized spacial score (nSPS) is 14.8. The Hall–Kier alpha value is -2.04. The van der Waals surface area contributed by atoms with Crippen molar-refractivity contribution in [2.45, 2.75) is 24.7 Å². The van der Waals surface area contributed by atoms with E-state index < -0.39 is 32.6 Å². The van der Waals surface area contributed by atoms with Crippen LogP contribution in [0, 0.1) is 5.82 Å². The summed E-state index contributed by atoms with van der Waals surface area (Å²) in [4.78, 5) is 25.3. The molecule has 1 fully saturated rings. The van der Waals surface area contributed by atoms with E-state index in [1.54, 1.807) is 6.92 Å². The largest absolute Gasteiger partial charge is 0.465 e.